The molecule has 6 aromatic rings. The van der Waals surface area contributed by atoms with Gasteiger partial charge in [0.15, 0.2) is 17.9 Å². The van der Waals surface area contributed by atoms with Gasteiger partial charge in [0.25, 0.3) is 0 Å². The number of fused-ring (bicyclic) bond motifs is 2. The number of ketones is 2. The predicted octanol–water partition coefficient (Wildman–Crippen LogP) is 7.07. The molecular weight excluding hydrogens is 753 g/mol. The Morgan fingerprint density at radius 2 is 1.05 bits per heavy atom. The lowest BCUT2D eigenvalue weighted by Gasteiger charge is -2.34. The zero-order chi connectivity index (χ0) is 41.7. The Morgan fingerprint density at radius 1 is 0.600 bits per heavy atom. The minimum atomic E-state index is -0.102. The van der Waals surface area contributed by atoms with E-state index >= 15 is 0 Å². The molecule has 2 aromatic carbocycles. The average molecular weight is 809 g/mol. The van der Waals surface area contributed by atoms with Crippen molar-refractivity contribution in [3.05, 3.63) is 125 Å². The summed E-state index contributed by atoms with van der Waals surface area (Å²) in [5, 5.41) is 0. The van der Waals surface area contributed by atoms with Crippen molar-refractivity contribution in [2.45, 2.75) is 28.2 Å². The molecule has 0 amide bonds. The number of nitrogens with one attached hydrogen (secondary N) is 2. The quantitative estimate of drug-likeness (QED) is 0.114. The first kappa shape index (κ1) is 44.5. The maximum Gasteiger partial charge on any atom is 0.178 e. The highest BCUT2D eigenvalue weighted by Gasteiger charge is 2.19. The third kappa shape index (κ3) is 12.0. The Hall–Kier alpha value is -6.57. The summed E-state index contributed by atoms with van der Waals surface area (Å²) in [4.78, 5) is 66.8. The molecule has 0 saturated carbocycles. The van der Waals surface area contributed by atoms with Crippen LogP contribution in [0, 0.1) is 13.8 Å². The number of anilines is 2. The molecule has 0 spiro atoms. The predicted molar refractivity (Wildman–Crippen MR) is 244 cm³/mol. The van der Waals surface area contributed by atoms with Crippen molar-refractivity contribution in [1.29, 1.82) is 0 Å². The van der Waals surface area contributed by atoms with Gasteiger partial charge >= 0.3 is 0 Å². The Kier molecular flexibility index (Phi) is 15.9. The summed E-state index contributed by atoms with van der Waals surface area (Å²) in [6, 6.07) is 19.9. The Bertz CT molecular complexity index is 2470. The number of aldehydes is 1. The number of imidazole rings is 2. The van der Waals surface area contributed by atoms with Crippen molar-refractivity contribution >= 4 is 69.5 Å². The van der Waals surface area contributed by atoms with Crippen LogP contribution in [-0.2, 0) is 9.59 Å². The molecule has 4 aromatic heterocycles. The first-order valence-corrected chi connectivity index (χ1v) is 19.8. The number of carbonyl (C=O) groups excluding carboxylic acids is 3. The Labute approximate surface area is 352 Å². The molecule has 2 N–H and O–H groups in total. The lowest BCUT2D eigenvalue weighted by atomic mass is 10.2. The molecule has 2 aliphatic rings. The van der Waals surface area contributed by atoms with E-state index in [0.717, 1.165) is 109 Å². The summed E-state index contributed by atoms with van der Waals surface area (Å²) in [6.45, 7) is 13.6. The number of benzene rings is 2. The van der Waals surface area contributed by atoms with E-state index in [1.165, 1.54) is 30.8 Å². The molecule has 0 bridgehead atoms. The van der Waals surface area contributed by atoms with E-state index in [9.17, 15) is 14.4 Å². The van der Waals surface area contributed by atoms with Gasteiger partial charge in [-0.25, -0.2) is 9.97 Å². The molecule has 2 fully saturated rings. The second-order valence-electron chi connectivity index (χ2n) is 14.7. The highest BCUT2D eigenvalue weighted by Crippen LogP contribution is 2.27. The molecular formula is C47H56N10O3. The molecule has 0 aliphatic carbocycles. The second kappa shape index (κ2) is 21.4. The summed E-state index contributed by atoms with van der Waals surface area (Å²) in [5.41, 5.74) is 9.51. The molecule has 0 unspecified atom stereocenters. The molecule has 13 heteroatoms. The summed E-state index contributed by atoms with van der Waals surface area (Å²) in [5.74, 6) is 1.32. The van der Waals surface area contributed by atoms with Gasteiger partial charge in [0.2, 0.25) is 0 Å². The zero-order valence-corrected chi connectivity index (χ0v) is 34.4. The van der Waals surface area contributed by atoms with Crippen molar-refractivity contribution in [2.75, 3.05) is 76.3 Å². The number of aromatic nitrogens is 6. The van der Waals surface area contributed by atoms with Gasteiger partial charge in [-0.1, -0.05) is 31.7 Å². The standard InChI is InChI=1S/C23H25N5O.C16H20N4O.C7H7NO.CH4/c1-17-5-4-12-24-19(17)10-8-18(29)9-11-22-25-20-6-3-7-21(23(20)26-22)28-15-13-27(2)14-16-28;1-12(21)6-7-15-17-13-4-3-5-14(16(13)18-15)20-10-8-19(2)9-11-20;1-6-3-2-4-8-7(6)5-9;/h3-12H,13-16H2,1-2H3,(H,25,26);3-7H,8-11H2,1-2H3,(H,17,18);2-5H,1H3;1H4/b10-8+,11-9+;7-6+;;. The van der Waals surface area contributed by atoms with Crippen LogP contribution in [0.5, 0.6) is 0 Å². The molecule has 6 heterocycles. The first-order chi connectivity index (χ1) is 28.6. The Balaban J connectivity index is 0.000000192. The molecule has 8 rings (SSSR count). The van der Waals surface area contributed by atoms with E-state index in [4.69, 9.17) is 4.98 Å². The van der Waals surface area contributed by atoms with E-state index in [2.05, 4.69) is 70.7 Å². The van der Waals surface area contributed by atoms with Crippen LogP contribution in [0.1, 0.15) is 53.3 Å². The number of aryl methyl sites for hydroxylation is 2. The first-order valence-electron chi connectivity index (χ1n) is 19.8. The minimum Gasteiger partial charge on any atom is -0.367 e. The van der Waals surface area contributed by atoms with Crippen LogP contribution in [0.4, 0.5) is 11.4 Å². The number of pyridine rings is 2. The van der Waals surface area contributed by atoms with Gasteiger partial charge in [-0.2, -0.15) is 0 Å². The van der Waals surface area contributed by atoms with Crippen molar-refractivity contribution in [1.82, 2.24) is 39.7 Å². The number of allylic oxidation sites excluding steroid dienone is 3. The molecule has 60 heavy (non-hydrogen) atoms. The summed E-state index contributed by atoms with van der Waals surface area (Å²) >= 11 is 0. The molecule has 13 nitrogen and oxygen atoms in total. The number of para-hydroxylation sites is 2. The number of hydrogen-bond acceptors (Lipinski definition) is 11. The fourth-order valence-electron chi connectivity index (χ4n) is 6.70. The molecule has 0 radical (unpaired) electrons. The van der Waals surface area contributed by atoms with Gasteiger partial charge in [-0.3, -0.25) is 24.4 Å². The highest BCUT2D eigenvalue weighted by molar-refractivity contribution is 6.04. The van der Waals surface area contributed by atoms with E-state index in [-0.39, 0.29) is 19.0 Å². The van der Waals surface area contributed by atoms with Crippen LogP contribution >= 0.6 is 0 Å². The highest BCUT2D eigenvalue weighted by atomic mass is 16.1. The SMILES string of the molecule is C.CC(=O)/C=C/c1nc2c(N3CCN(C)CC3)cccc2[nH]1.Cc1cccnc1/C=C/C(=O)/C=C/c1nc2c(N3CCN(C)CC3)cccc2[nH]1.Cc1cccnc1C=O. The monoisotopic (exact) mass is 808 g/mol. The van der Waals surface area contributed by atoms with Gasteiger partial charge < -0.3 is 29.6 Å². The number of hydrogen-bond donors (Lipinski definition) is 2. The number of H-pyrrole nitrogens is 2. The van der Waals surface area contributed by atoms with Crippen molar-refractivity contribution in [3.63, 3.8) is 0 Å². The van der Waals surface area contributed by atoms with Crippen LogP contribution in [0.2, 0.25) is 0 Å². The lowest BCUT2D eigenvalue weighted by molar-refractivity contribution is -0.112. The fourth-order valence-corrected chi connectivity index (χ4v) is 6.70. The van der Waals surface area contributed by atoms with Crippen LogP contribution in [0.15, 0.2) is 91.3 Å². The summed E-state index contributed by atoms with van der Waals surface area (Å²) in [7, 11) is 4.30. The van der Waals surface area contributed by atoms with Crippen molar-refractivity contribution in [3.8, 4) is 0 Å². The largest absolute Gasteiger partial charge is 0.367 e. The zero-order valence-electron chi connectivity index (χ0n) is 34.4. The van der Waals surface area contributed by atoms with E-state index in [1.54, 1.807) is 30.6 Å². The number of piperazine rings is 2. The third-order valence-electron chi connectivity index (χ3n) is 10.2. The van der Waals surface area contributed by atoms with Crippen LogP contribution in [-0.4, -0.2) is 124 Å². The summed E-state index contributed by atoms with van der Waals surface area (Å²) < 4.78 is 0. The number of nitrogens with zero attached hydrogens (tertiary/aromatic N) is 8. The van der Waals surface area contributed by atoms with E-state index in [1.807, 2.05) is 62.4 Å². The smallest absolute Gasteiger partial charge is 0.178 e. The van der Waals surface area contributed by atoms with E-state index < -0.39 is 0 Å². The number of rotatable bonds is 9. The topological polar surface area (TPSA) is 147 Å². The van der Waals surface area contributed by atoms with Crippen LogP contribution < -0.4 is 9.80 Å². The van der Waals surface area contributed by atoms with Gasteiger partial charge in [0.1, 0.15) is 28.4 Å². The third-order valence-corrected chi connectivity index (χ3v) is 10.2. The molecule has 0 atom stereocenters. The molecule has 312 valence electrons. The van der Waals surface area contributed by atoms with Crippen LogP contribution in [0.3, 0.4) is 0 Å². The summed E-state index contributed by atoms with van der Waals surface area (Å²) in [6.07, 6.45) is 13.9. The van der Waals surface area contributed by atoms with Crippen LogP contribution in [0.25, 0.3) is 40.3 Å². The van der Waals surface area contributed by atoms with Gasteiger partial charge in [-0.15, -0.1) is 0 Å². The average Bonchev–Trinajstić information content (AvgIpc) is 3.87. The minimum absolute atomic E-state index is 0. The van der Waals surface area contributed by atoms with Crippen molar-refractivity contribution < 1.29 is 14.4 Å². The number of carbonyl (C=O) groups is 3. The van der Waals surface area contributed by atoms with Gasteiger partial charge in [0.05, 0.1) is 28.1 Å². The normalized spacial score (nSPS) is 14.9. The van der Waals surface area contributed by atoms with Gasteiger partial charge in [0, 0.05) is 64.8 Å². The van der Waals surface area contributed by atoms with E-state index in [0.29, 0.717) is 11.5 Å². The maximum absolute atomic E-state index is 12.2. The van der Waals surface area contributed by atoms with Gasteiger partial charge in [-0.05, 0) is 119 Å². The Morgan fingerprint density at radius 3 is 1.48 bits per heavy atom. The second-order valence-corrected chi connectivity index (χ2v) is 14.7. The molecule has 2 aliphatic heterocycles. The maximum atomic E-state index is 12.2. The number of likely N-dealkylation sites (N-methyl/N-ethyl adjacent to an activating group) is 2. The fraction of sp³-hybridized carbons (Fsp3) is 0.298. The van der Waals surface area contributed by atoms with Crippen molar-refractivity contribution in [2.24, 2.45) is 0 Å². The number of aromatic amines is 2. The lowest BCUT2D eigenvalue weighted by Crippen LogP contribution is -2.44. The molecule has 2 saturated heterocycles.